The van der Waals surface area contributed by atoms with Gasteiger partial charge in [0.15, 0.2) is 0 Å². The van der Waals surface area contributed by atoms with Crippen LogP contribution in [0.15, 0.2) is 65.3 Å². The molecule has 4 rings (SSSR count). The van der Waals surface area contributed by atoms with E-state index in [2.05, 4.69) is 34.6 Å². The molecule has 0 saturated carbocycles. The van der Waals surface area contributed by atoms with Gasteiger partial charge in [-0.05, 0) is 73.4 Å². The van der Waals surface area contributed by atoms with Gasteiger partial charge in [-0.25, -0.2) is 0 Å². The summed E-state index contributed by atoms with van der Waals surface area (Å²) in [6.07, 6.45) is 8.10. The van der Waals surface area contributed by atoms with Crippen molar-refractivity contribution in [2.45, 2.75) is 33.1 Å². The number of amides is 1. The Balaban J connectivity index is 1.53. The largest absolute Gasteiger partial charge is 0.465 e. The maximum atomic E-state index is 12.2. The highest BCUT2D eigenvalue weighted by molar-refractivity contribution is 6.03. The topological polar surface area (TPSA) is 73.0 Å². The average Bonchev–Trinajstić information content (AvgIpc) is 3.41. The van der Waals surface area contributed by atoms with Crippen molar-refractivity contribution < 1.29 is 9.21 Å². The van der Waals surface area contributed by atoms with E-state index in [1.165, 1.54) is 24.5 Å². The van der Waals surface area contributed by atoms with Gasteiger partial charge in [0.2, 0.25) is 5.91 Å². The van der Waals surface area contributed by atoms with Gasteiger partial charge in [0, 0.05) is 11.8 Å². The van der Waals surface area contributed by atoms with Gasteiger partial charge in [-0.3, -0.25) is 4.79 Å². The molecule has 30 heavy (non-hydrogen) atoms. The number of carbonyl (C=O) groups excluding carboxylic acids is 1. The smallest absolute Gasteiger partial charge is 0.248 e. The fourth-order valence-electron chi connectivity index (χ4n) is 3.21. The predicted molar refractivity (Wildman–Crippen MR) is 119 cm³/mol. The number of hydrogen-bond acceptors (Lipinski definition) is 4. The number of benzene rings is 2. The Bertz CT molecular complexity index is 1170. The lowest BCUT2D eigenvalue weighted by molar-refractivity contribution is -0.111. The minimum atomic E-state index is -0.232. The minimum Gasteiger partial charge on any atom is -0.465 e. The number of fused-ring (bicyclic) bond motifs is 1. The van der Waals surface area contributed by atoms with Crippen LogP contribution >= 0.6 is 0 Å². The number of aryl methyl sites for hydroxylation is 2. The van der Waals surface area contributed by atoms with Gasteiger partial charge in [0.05, 0.1) is 12.0 Å². The second-order valence-corrected chi connectivity index (χ2v) is 7.25. The molecule has 6 nitrogen and oxygen atoms in total. The molecule has 1 N–H and O–H groups in total. The molecule has 6 heteroatoms. The molecule has 0 aliphatic carbocycles. The van der Waals surface area contributed by atoms with Gasteiger partial charge in [-0.15, -0.1) is 10.2 Å². The zero-order valence-corrected chi connectivity index (χ0v) is 17.1. The van der Waals surface area contributed by atoms with Gasteiger partial charge in [-0.2, -0.15) is 4.80 Å². The van der Waals surface area contributed by atoms with E-state index >= 15 is 0 Å². The van der Waals surface area contributed by atoms with Crippen LogP contribution in [-0.2, 0) is 11.2 Å². The SMILES string of the molecule is CCCCc1ccc(-n2nc3cc(C)c(NC(=O)C=Cc4ccco4)cc3n2)cc1. The highest BCUT2D eigenvalue weighted by Crippen LogP contribution is 2.22. The number of rotatable bonds is 7. The maximum absolute atomic E-state index is 12.2. The van der Waals surface area contributed by atoms with E-state index in [0.717, 1.165) is 28.7 Å². The molecule has 0 fully saturated rings. The first kappa shape index (κ1) is 19.6. The van der Waals surface area contributed by atoms with Crippen molar-refractivity contribution in [1.29, 1.82) is 0 Å². The van der Waals surface area contributed by atoms with Crippen molar-refractivity contribution in [3.05, 3.63) is 77.8 Å². The lowest BCUT2D eigenvalue weighted by atomic mass is 10.1. The number of unbranched alkanes of at least 4 members (excludes halogenated alkanes) is 1. The molecule has 0 bridgehead atoms. The zero-order chi connectivity index (χ0) is 20.9. The number of nitrogens with one attached hydrogen (secondary N) is 1. The number of furan rings is 1. The summed E-state index contributed by atoms with van der Waals surface area (Å²) in [6.45, 7) is 4.13. The summed E-state index contributed by atoms with van der Waals surface area (Å²) >= 11 is 0. The van der Waals surface area contributed by atoms with Crippen LogP contribution in [0.2, 0.25) is 0 Å². The van der Waals surface area contributed by atoms with Gasteiger partial charge in [0.25, 0.3) is 0 Å². The normalized spacial score (nSPS) is 11.4. The van der Waals surface area contributed by atoms with E-state index < -0.39 is 0 Å². The highest BCUT2D eigenvalue weighted by Gasteiger charge is 2.10. The van der Waals surface area contributed by atoms with Crippen molar-refractivity contribution in [2.75, 3.05) is 5.32 Å². The Morgan fingerprint density at radius 3 is 2.60 bits per heavy atom. The number of aromatic nitrogens is 3. The third-order valence-corrected chi connectivity index (χ3v) is 4.91. The maximum Gasteiger partial charge on any atom is 0.248 e. The number of anilines is 1. The Kier molecular flexibility index (Phi) is 5.75. The van der Waals surface area contributed by atoms with Crippen LogP contribution in [0.1, 0.15) is 36.7 Å². The Morgan fingerprint density at radius 1 is 1.13 bits per heavy atom. The quantitative estimate of drug-likeness (QED) is 0.426. The molecule has 0 aliphatic rings. The van der Waals surface area contributed by atoms with E-state index in [0.29, 0.717) is 11.4 Å². The molecule has 0 saturated heterocycles. The standard InChI is InChI=1S/C24H24N4O2/c1-3-4-6-18-8-10-19(11-9-18)28-26-22-15-17(2)21(16-23(22)27-28)25-24(29)13-12-20-7-5-14-30-20/h5,7-16H,3-4,6H2,1-2H3,(H,25,29). The van der Waals surface area contributed by atoms with Crippen LogP contribution in [-0.4, -0.2) is 20.9 Å². The number of hydrogen-bond donors (Lipinski definition) is 1. The summed E-state index contributed by atoms with van der Waals surface area (Å²) < 4.78 is 5.20. The number of carbonyl (C=O) groups is 1. The Morgan fingerprint density at radius 2 is 1.90 bits per heavy atom. The Hall–Kier alpha value is -3.67. The van der Waals surface area contributed by atoms with Gasteiger partial charge >= 0.3 is 0 Å². The van der Waals surface area contributed by atoms with E-state index in [9.17, 15) is 4.79 Å². The van der Waals surface area contributed by atoms with Crippen molar-refractivity contribution in [3.63, 3.8) is 0 Å². The van der Waals surface area contributed by atoms with Crippen molar-refractivity contribution in [3.8, 4) is 5.69 Å². The molecule has 1 amide bonds. The highest BCUT2D eigenvalue weighted by atomic mass is 16.3. The third kappa shape index (κ3) is 4.49. The molecule has 0 radical (unpaired) electrons. The van der Waals surface area contributed by atoms with Crippen LogP contribution in [0, 0.1) is 6.92 Å². The van der Waals surface area contributed by atoms with E-state index in [1.54, 1.807) is 29.3 Å². The lowest BCUT2D eigenvalue weighted by Gasteiger charge is -2.05. The fourth-order valence-corrected chi connectivity index (χ4v) is 3.21. The molecule has 0 spiro atoms. The van der Waals surface area contributed by atoms with Gasteiger partial charge < -0.3 is 9.73 Å². The monoisotopic (exact) mass is 400 g/mol. The molecular weight excluding hydrogens is 376 g/mol. The minimum absolute atomic E-state index is 0.232. The summed E-state index contributed by atoms with van der Waals surface area (Å²) in [7, 11) is 0. The van der Waals surface area contributed by atoms with E-state index in [1.807, 2.05) is 31.2 Å². The van der Waals surface area contributed by atoms with E-state index in [-0.39, 0.29) is 5.91 Å². The summed E-state index contributed by atoms with van der Waals surface area (Å²) in [5.74, 6) is 0.393. The average molecular weight is 400 g/mol. The second-order valence-electron chi connectivity index (χ2n) is 7.25. The first-order chi connectivity index (χ1) is 14.6. The summed E-state index contributed by atoms with van der Waals surface area (Å²) in [5.41, 5.74) is 5.37. The molecule has 0 aliphatic heterocycles. The molecule has 0 unspecified atom stereocenters. The first-order valence-corrected chi connectivity index (χ1v) is 10.1. The summed E-state index contributed by atoms with van der Waals surface area (Å²) in [4.78, 5) is 13.9. The molecule has 2 aromatic heterocycles. The van der Waals surface area contributed by atoms with Gasteiger partial charge in [-0.1, -0.05) is 25.5 Å². The predicted octanol–water partition coefficient (Wildman–Crippen LogP) is 5.32. The molecule has 152 valence electrons. The van der Waals surface area contributed by atoms with Crippen LogP contribution in [0.4, 0.5) is 5.69 Å². The molecular formula is C24H24N4O2. The van der Waals surface area contributed by atoms with Gasteiger partial charge in [0.1, 0.15) is 16.8 Å². The summed E-state index contributed by atoms with van der Waals surface area (Å²) in [6, 6.07) is 15.7. The molecule has 0 atom stereocenters. The van der Waals surface area contributed by atoms with Crippen molar-refractivity contribution in [2.24, 2.45) is 0 Å². The summed E-state index contributed by atoms with van der Waals surface area (Å²) in [5, 5.41) is 12.1. The number of nitrogens with zero attached hydrogens (tertiary/aromatic N) is 3. The first-order valence-electron chi connectivity index (χ1n) is 10.1. The van der Waals surface area contributed by atoms with E-state index in [4.69, 9.17) is 4.42 Å². The van der Waals surface area contributed by atoms with Crippen molar-refractivity contribution >= 4 is 28.7 Å². The molecule has 2 heterocycles. The lowest BCUT2D eigenvalue weighted by Crippen LogP contribution is -2.08. The van der Waals surface area contributed by atoms with Crippen LogP contribution in [0.3, 0.4) is 0 Å². The van der Waals surface area contributed by atoms with Crippen LogP contribution in [0.25, 0.3) is 22.8 Å². The Labute approximate surface area is 175 Å². The molecule has 2 aromatic carbocycles. The fraction of sp³-hybridized carbons (Fsp3) is 0.208. The second kappa shape index (κ2) is 8.78. The van der Waals surface area contributed by atoms with Crippen LogP contribution in [0.5, 0.6) is 0 Å². The molecule has 4 aromatic rings. The zero-order valence-electron chi connectivity index (χ0n) is 17.1. The third-order valence-electron chi connectivity index (χ3n) is 4.91. The van der Waals surface area contributed by atoms with Crippen molar-refractivity contribution in [1.82, 2.24) is 15.0 Å². The van der Waals surface area contributed by atoms with Crippen LogP contribution < -0.4 is 5.32 Å².